The molecule has 9 nitrogen and oxygen atoms in total. The van der Waals surface area contributed by atoms with Crippen molar-refractivity contribution in [2.75, 3.05) is 17.3 Å². The van der Waals surface area contributed by atoms with Crippen LogP contribution in [0, 0.1) is 6.92 Å². The van der Waals surface area contributed by atoms with Gasteiger partial charge in [0.15, 0.2) is 17.6 Å². The first-order valence-corrected chi connectivity index (χ1v) is 15.2. The number of carbonyl (C=O) groups is 1. The van der Waals surface area contributed by atoms with Crippen LogP contribution in [0.2, 0.25) is 0 Å². The van der Waals surface area contributed by atoms with Crippen molar-refractivity contribution in [2.45, 2.75) is 32.2 Å². The number of rotatable bonds is 8. The Balaban J connectivity index is 1.21. The first kappa shape index (κ1) is 33.9. The SMILES string of the molecule is Cc1ccc(OCC(F)(F)F)c(N2C(=O)CSC2=NC(=S)NNC(C)c2ccc(-c3ncn(-c4ccc(C(F)(F)F)cc4)n3)cc2)c1. The molecule has 0 aliphatic carbocycles. The minimum Gasteiger partial charge on any atom is -0.482 e. The van der Waals surface area contributed by atoms with Crippen molar-refractivity contribution in [3.05, 3.63) is 89.7 Å². The molecule has 1 amide bonds. The maximum absolute atomic E-state index is 12.9. The van der Waals surface area contributed by atoms with Gasteiger partial charge in [-0.05, 0) is 73.6 Å². The quantitative estimate of drug-likeness (QED) is 0.119. The molecule has 1 aliphatic rings. The smallest absolute Gasteiger partial charge is 0.422 e. The molecule has 3 aromatic carbocycles. The summed E-state index contributed by atoms with van der Waals surface area (Å²) in [4.78, 5) is 22.5. The molecule has 17 heteroatoms. The fourth-order valence-corrected chi connectivity index (χ4v) is 5.45. The molecule has 2 heterocycles. The number of hydrogen-bond acceptors (Lipinski definition) is 7. The van der Waals surface area contributed by atoms with Crippen molar-refractivity contribution in [3.8, 4) is 22.8 Å². The van der Waals surface area contributed by atoms with E-state index in [-0.39, 0.29) is 39.4 Å². The van der Waals surface area contributed by atoms with E-state index in [2.05, 4.69) is 25.9 Å². The predicted octanol–water partition coefficient (Wildman–Crippen LogP) is 6.78. The molecule has 1 fully saturated rings. The number of ether oxygens (including phenoxy) is 1. The Bertz CT molecular complexity index is 1790. The lowest BCUT2D eigenvalue weighted by atomic mass is 10.1. The zero-order chi connectivity index (χ0) is 33.9. The van der Waals surface area contributed by atoms with Gasteiger partial charge in [0.2, 0.25) is 11.0 Å². The maximum Gasteiger partial charge on any atom is 0.422 e. The molecule has 0 radical (unpaired) electrons. The number of alkyl halides is 6. The van der Waals surface area contributed by atoms with Gasteiger partial charge in [-0.15, -0.1) is 5.10 Å². The van der Waals surface area contributed by atoms with Gasteiger partial charge in [-0.25, -0.2) is 15.1 Å². The summed E-state index contributed by atoms with van der Waals surface area (Å²) < 4.78 is 83.4. The number of hydrazine groups is 1. The summed E-state index contributed by atoms with van der Waals surface area (Å²) in [6.45, 7) is 2.07. The second kappa shape index (κ2) is 13.7. The Kier molecular flexibility index (Phi) is 9.88. The molecule has 5 rings (SSSR count). The first-order valence-electron chi connectivity index (χ1n) is 13.8. The molecule has 1 saturated heterocycles. The van der Waals surface area contributed by atoms with Crippen LogP contribution >= 0.6 is 24.0 Å². The Morgan fingerprint density at radius 1 is 1.06 bits per heavy atom. The molecule has 0 bridgehead atoms. The zero-order valence-electron chi connectivity index (χ0n) is 24.6. The van der Waals surface area contributed by atoms with Crippen LogP contribution in [0.3, 0.4) is 0 Å². The number of aliphatic imine (C=N–C) groups is 1. The molecule has 0 spiro atoms. The number of thiocarbonyl (C=S) groups is 1. The van der Waals surface area contributed by atoms with Crippen molar-refractivity contribution in [1.29, 1.82) is 0 Å². The largest absolute Gasteiger partial charge is 0.482 e. The normalized spacial score (nSPS) is 15.3. The number of carbonyl (C=O) groups excluding carboxylic acids is 1. The minimum absolute atomic E-state index is 0.0147. The summed E-state index contributed by atoms with van der Waals surface area (Å²) in [6.07, 6.45) is -7.58. The second-order valence-corrected chi connectivity index (χ2v) is 11.6. The van der Waals surface area contributed by atoms with Gasteiger partial charge >= 0.3 is 12.4 Å². The monoisotopic (exact) mass is 693 g/mol. The average Bonchev–Trinajstić information content (AvgIpc) is 3.65. The van der Waals surface area contributed by atoms with Crippen LogP contribution in [-0.2, 0) is 11.0 Å². The van der Waals surface area contributed by atoms with Crippen molar-refractivity contribution >= 4 is 45.9 Å². The van der Waals surface area contributed by atoms with Crippen molar-refractivity contribution in [2.24, 2.45) is 4.99 Å². The third-order valence-corrected chi connectivity index (χ3v) is 7.84. The van der Waals surface area contributed by atoms with Crippen LogP contribution in [-0.4, -0.2) is 49.5 Å². The van der Waals surface area contributed by atoms with E-state index in [1.165, 1.54) is 34.1 Å². The van der Waals surface area contributed by atoms with Crippen LogP contribution in [0.1, 0.15) is 29.7 Å². The van der Waals surface area contributed by atoms with E-state index in [1.807, 2.05) is 19.1 Å². The fourth-order valence-electron chi connectivity index (χ4n) is 4.38. The van der Waals surface area contributed by atoms with Crippen LogP contribution in [0.4, 0.5) is 32.0 Å². The summed E-state index contributed by atoms with van der Waals surface area (Å²) in [7, 11) is 0. The lowest BCUT2D eigenvalue weighted by molar-refractivity contribution is -0.153. The van der Waals surface area contributed by atoms with Crippen LogP contribution in [0.15, 0.2) is 78.0 Å². The zero-order valence-corrected chi connectivity index (χ0v) is 26.2. The molecule has 0 saturated carbocycles. The number of amides is 1. The number of halogens is 6. The fraction of sp³-hybridized carbons (Fsp3) is 0.233. The Morgan fingerprint density at radius 2 is 1.77 bits per heavy atom. The van der Waals surface area contributed by atoms with Gasteiger partial charge in [-0.1, -0.05) is 42.1 Å². The second-order valence-electron chi connectivity index (χ2n) is 10.3. The predicted molar refractivity (Wildman–Crippen MR) is 169 cm³/mol. The summed E-state index contributed by atoms with van der Waals surface area (Å²) >= 11 is 6.43. The van der Waals surface area contributed by atoms with Crippen molar-refractivity contribution in [1.82, 2.24) is 25.6 Å². The number of aryl methyl sites for hydroxylation is 1. The lowest BCUT2D eigenvalue weighted by Crippen LogP contribution is -2.38. The van der Waals surface area contributed by atoms with E-state index < -0.39 is 24.5 Å². The Hall–Kier alpha value is -4.48. The van der Waals surface area contributed by atoms with Crippen LogP contribution in [0.25, 0.3) is 17.1 Å². The standard InChI is InChI=1S/C30H25F6N7O2S2/c1-17-3-12-24(45-15-29(31,32)33)23(13-17)43-25(44)14-47-28(43)38-27(46)40-39-18(2)19-4-6-20(7-5-19)26-37-16-42(41-26)22-10-8-21(9-11-22)30(34,35)36/h3-13,16,18,39H,14-15H2,1-2H3,(H,40,46). The molecule has 2 N–H and O–H groups in total. The molecule has 1 aliphatic heterocycles. The number of nitrogens with zero attached hydrogens (tertiary/aromatic N) is 5. The number of benzene rings is 3. The molecule has 246 valence electrons. The minimum atomic E-state index is -4.56. The summed E-state index contributed by atoms with van der Waals surface area (Å²) in [5, 5.41) is 4.53. The number of anilines is 1. The molecule has 1 atom stereocenters. The van der Waals surface area contributed by atoms with Gasteiger partial charge in [0, 0.05) is 11.6 Å². The summed E-state index contributed by atoms with van der Waals surface area (Å²) in [5.74, 6) is -0.117. The van der Waals surface area contributed by atoms with E-state index in [0.717, 1.165) is 29.5 Å². The van der Waals surface area contributed by atoms with Gasteiger partial charge in [0.1, 0.15) is 12.1 Å². The Morgan fingerprint density at radius 3 is 2.43 bits per heavy atom. The Labute approximate surface area is 274 Å². The molecular weight excluding hydrogens is 668 g/mol. The number of hydrogen-bond donors (Lipinski definition) is 2. The van der Waals surface area contributed by atoms with E-state index in [0.29, 0.717) is 22.6 Å². The van der Waals surface area contributed by atoms with Gasteiger partial charge in [0.25, 0.3) is 0 Å². The lowest BCUT2D eigenvalue weighted by Gasteiger charge is -2.21. The first-order chi connectivity index (χ1) is 22.2. The highest BCUT2D eigenvalue weighted by Gasteiger charge is 2.34. The van der Waals surface area contributed by atoms with Crippen LogP contribution in [0.5, 0.6) is 5.75 Å². The molecule has 1 unspecified atom stereocenters. The molecule has 4 aromatic rings. The third kappa shape index (κ3) is 8.47. The van der Waals surface area contributed by atoms with E-state index in [9.17, 15) is 31.1 Å². The third-order valence-electron chi connectivity index (χ3n) is 6.72. The number of nitrogens with one attached hydrogen (secondary N) is 2. The molecule has 47 heavy (non-hydrogen) atoms. The van der Waals surface area contributed by atoms with E-state index in [1.54, 1.807) is 31.2 Å². The number of aromatic nitrogens is 3. The van der Waals surface area contributed by atoms with Gasteiger partial charge in [0.05, 0.1) is 22.7 Å². The summed E-state index contributed by atoms with van der Waals surface area (Å²) in [5.41, 5.74) is 7.86. The van der Waals surface area contributed by atoms with Crippen molar-refractivity contribution < 1.29 is 35.9 Å². The van der Waals surface area contributed by atoms with E-state index in [4.69, 9.17) is 17.0 Å². The molecular formula is C30H25F6N7O2S2. The summed E-state index contributed by atoms with van der Waals surface area (Å²) in [6, 6.07) is 16.0. The average molecular weight is 694 g/mol. The number of thioether (sulfide) groups is 1. The van der Waals surface area contributed by atoms with Crippen LogP contribution < -0.4 is 20.5 Å². The van der Waals surface area contributed by atoms with E-state index >= 15 is 0 Å². The highest BCUT2D eigenvalue weighted by Crippen LogP contribution is 2.36. The molecule has 1 aromatic heterocycles. The van der Waals surface area contributed by atoms with Crippen molar-refractivity contribution in [3.63, 3.8) is 0 Å². The van der Waals surface area contributed by atoms with Gasteiger partial charge < -0.3 is 4.74 Å². The maximum atomic E-state index is 12.9. The van der Waals surface area contributed by atoms with Gasteiger partial charge in [-0.3, -0.25) is 15.1 Å². The van der Waals surface area contributed by atoms with Gasteiger partial charge in [-0.2, -0.15) is 31.3 Å². The highest BCUT2D eigenvalue weighted by atomic mass is 32.2. The highest BCUT2D eigenvalue weighted by molar-refractivity contribution is 8.15. The number of amidine groups is 1. The topological polar surface area (TPSA) is 96.7 Å².